The largest absolute Gasteiger partial charge is 0.372 e. The first-order valence-electron chi connectivity index (χ1n) is 11.1. The summed E-state index contributed by atoms with van der Waals surface area (Å²) >= 11 is 0. The second-order valence-electron chi connectivity index (χ2n) is 8.00. The van der Waals surface area contributed by atoms with E-state index in [9.17, 15) is 14.9 Å². The van der Waals surface area contributed by atoms with Crippen LogP contribution in [0.1, 0.15) is 54.4 Å². The summed E-state index contributed by atoms with van der Waals surface area (Å²) in [6, 6.07) is 15.8. The molecule has 2 aromatic carbocycles. The van der Waals surface area contributed by atoms with Crippen LogP contribution in [0.2, 0.25) is 0 Å². The lowest BCUT2D eigenvalue weighted by molar-refractivity contribution is -0.400. The van der Waals surface area contributed by atoms with Crippen molar-refractivity contribution in [3.05, 3.63) is 76.0 Å². The molecule has 2 fully saturated rings. The lowest BCUT2D eigenvalue weighted by atomic mass is 10.1. The van der Waals surface area contributed by atoms with E-state index in [2.05, 4.69) is 9.80 Å². The maximum absolute atomic E-state index is 10.5. The van der Waals surface area contributed by atoms with Crippen LogP contribution >= 0.6 is 0 Å². The third kappa shape index (κ3) is 7.24. The Bertz CT molecular complexity index is 851. The molecule has 0 atom stereocenters. The van der Waals surface area contributed by atoms with Crippen molar-refractivity contribution in [2.45, 2.75) is 38.5 Å². The Morgan fingerprint density at radius 1 is 0.677 bits per heavy atom. The minimum absolute atomic E-state index is 0.446. The molecule has 2 aromatic rings. The van der Waals surface area contributed by atoms with E-state index in [-0.39, 0.29) is 0 Å². The Hall–Kier alpha value is -3.15. The second kappa shape index (κ2) is 11.9. The molecule has 0 unspecified atom stereocenters. The van der Waals surface area contributed by atoms with Crippen molar-refractivity contribution in [2.75, 3.05) is 36.0 Å². The maximum atomic E-state index is 10.5. The van der Waals surface area contributed by atoms with Gasteiger partial charge in [-0.25, -0.2) is 0 Å². The summed E-state index contributed by atoms with van der Waals surface area (Å²) in [6.45, 7) is 4.54. The van der Waals surface area contributed by atoms with Gasteiger partial charge >= 0.3 is 0 Å². The van der Waals surface area contributed by atoms with Crippen LogP contribution in [0.25, 0.3) is 6.08 Å². The van der Waals surface area contributed by atoms with E-state index < -0.39 is 4.92 Å². The van der Waals surface area contributed by atoms with Gasteiger partial charge in [0.1, 0.15) is 6.29 Å². The van der Waals surface area contributed by atoms with Gasteiger partial charge in [-0.05, 0) is 80.5 Å². The van der Waals surface area contributed by atoms with Gasteiger partial charge in [-0.15, -0.1) is 0 Å². The molecular formula is C25H31N3O3. The lowest BCUT2D eigenvalue weighted by Gasteiger charge is -2.28. The van der Waals surface area contributed by atoms with Crippen molar-refractivity contribution in [2.24, 2.45) is 0 Å². The first kappa shape index (κ1) is 22.5. The first-order valence-corrected chi connectivity index (χ1v) is 11.1. The Morgan fingerprint density at radius 2 is 1.10 bits per heavy atom. The van der Waals surface area contributed by atoms with E-state index in [0.717, 1.165) is 49.8 Å². The van der Waals surface area contributed by atoms with Crippen LogP contribution in [0, 0.1) is 10.1 Å². The number of nitrogens with zero attached hydrogens (tertiary/aromatic N) is 3. The van der Waals surface area contributed by atoms with Crippen molar-refractivity contribution >= 4 is 23.7 Å². The Kier molecular flexibility index (Phi) is 8.64. The van der Waals surface area contributed by atoms with Gasteiger partial charge in [0.05, 0.1) is 4.92 Å². The van der Waals surface area contributed by atoms with Crippen LogP contribution in [-0.4, -0.2) is 37.4 Å². The number of carbonyl (C=O) groups is 1. The molecule has 4 rings (SSSR count). The molecule has 6 heteroatoms. The van der Waals surface area contributed by atoms with E-state index in [1.165, 1.54) is 56.0 Å². The molecule has 2 heterocycles. The zero-order valence-corrected chi connectivity index (χ0v) is 18.0. The van der Waals surface area contributed by atoms with E-state index in [1.807, 2.05) is 48.5 Å². The Morgan fingerprint density at radius 3 is 1.48 bits per heavy atom. The minimum atomic E-state index is -0.446. The molecule has 2 aliphatic rings. The van der Waals surface area contributed by atoms with Gasteiger partial charge in [-0.3, -0.25) is 14.9 Å². The quantitative estimate of drug-likeness (QED) is 0.367. The summed E-state index contributed by atoms with van der Waals surface area (Å²) in [5.74, 6) is 0. The van der Waals surface area contributed by atoms with Crippen molar-refractivity contribution in [3.8, 4) is 0 Å². The summed E-state index contributed by atoms with van der Waals surface area (Å²) in [6.07, 6.45) is 11.1. The van der Waals surface area contributed by atoms with Gasteiger partial charge < -0.3 is 9.80 Å². The highest BCUT2D eigenvalue weighted by molar-refractivity contribution is 5.75. The second-order valence-corrected chi connectivity index (χ2v) is 8.00. The number of nitro groups is 1. The first-order chi connectivity index (χ1) is 15.2. The highest BCUT2D eigenvalue weighted by Crippen LogP contribution is 2.21. The molecule has 164 valence electrons. The average molecular weight is 422 g/mol. The zero-order chi connectivity index (χ0) is 21.9. The summed E-state index contributed by atoms with van der Waals surface area (Å²) in [7, 11) is 0. The molecular weight excluding hydrogens is 390 g/mol. The molecule has 0 N–H and O–H groups in total. The molecule has 0 amide bonds. The van der Waals surface area contributed by atoms with E-state index in [4.69, 9.17) is 0 Å². The number of carbonyl (C=O) groups excluding carboxylic acids is 1. The van der Waals surface area contributed by atoms with Crippen LogP contribution < -0.4 is 9.80 Å². The Balaban J connectivity index is 0.000000179. The van der Waals surface area contributed by atoms with Crippen LogP contribution in [0.3, 0.4) is 0 Å². The highest BCUT2D eigenvalue weighted by Gasteiger charge is 2.11. The highest BCUT2D eigenvalue weighted by atomic mass is 16.6. The SMILES string of the molecule is O=Cc1ccc(N2CCCCC2)cc1.O=[N+]([O-])/C=C/c1ccc(N2CCCCC2)cc1. The molecule has 2 aliphatic heterocycles. The molecule has 0 bridgehead atoms. The third-order valence-corrected chi connectivity index (χ3v) is 5.75. The number of rotatable bonds is 5. The van der Waals surface area contributed by atoms with Crippen LogP contribution in [0.15, 0.2) is 54.7 Å². The summed E-state index contributed by atoms with van der Waals surface area (Å²) in [5, 5.41) is 10.2. The number of hydrogen-bond acceptors (Lipinski definition) is 5. The summed E-state index contributed by atoms with van der Waals surface area (Å²) in [5.41, 5.74) is 4.08. The predicted molar refractivity (Wildman–Crippen MR) is 126 cm³/mol. The molecule has 0 aromatic heterocycles. The van der Waals surface area contributed by atoms with Gasteiger partial charge in [-0.1, -0.05) is 12.1 Å². The molecule has 0 saturated carbocycles. The van der Waals surface area contributed by atoms with Gasteiger partial charge in [-0.2, -0.15) is 0 Å². The number of benzene rings is 2. The topological polar surface area (TPSA) is 66.7 Å². The van der Waals surface area contributed by atoms with Crippen LogP contribution in [0.4, 0.5) is 11.4 Å². The molecule has 0 aliphatic carbocycles. The van der Waals surface area contributed by atoms with Gasteiger partial charge in [0.25, 0.3) is 0 Å². The zero-order valence-electron chi connectivity index (χ0n) is 18.0. The van der Waals surface area contributed by atoms with Crippen molar-refractivity contribution < 1.29 is 9.72 Å². The minimum Gasteiger partial charge on any atom is -0.372 e. The lowest BCUT2D eigenvalue weighted by Crippen LogP contribution is -2.29. The molecule has 2 saturated heterocycles. The maximum Gasteiger partial charge on any atom is 0.235 e. The van der Waals surface area contributed by atoms with E-state index in [1.54, 1.807) is 0 Å². The van der Waals surface area contributed by atoms with E-state index in [0.29, 0.717) is 0 Å². The molecule has 0 spiro atoms. The average Bonchev–Trinajstić information content (AvgIpc) is 2.85. The smallest absolute Gasteiger partial charge is 0.235 e. The monoisotopic (exact) mass is 421 g/mol. The number of hydrogen-bond donors (Lipinski definition) is 0. The van der Waals surface area contributed by atoms with Crippen molar-refractivity contribution in [1.29, 1.82) is 0 Å². The fraction of sp³-hybridized carbons (Fsp3) is 0.400. The molecule has 0 radical (unpaired) electrons. The number of aldehydes is 1. The molecule has 6 nitrogen and oxygen atoms in total. The Labute approximate surface area is 184 Å². The fourth-order valence-electron chi connectivity index (χ4n) is 4.01. The van der Waals surface area contributed by atoms with Gasteiger partial charge in [0.15, 0.2) is 0 Å². The molecule has 31 heavy (non-hydrogen) atoms. The van der Waals surface area contributed by atoms with Gasteiger partial charge in [0.2, 0.25) is 6.20 Å². The standard InChI is InChI=1S/C13H16N2O2.C12H15NO/c16-15(17)11-8-12-4-6-13(7-5-12)14-9-2-1-3-10-14;14-10-11-4-6-12(7-5-11)13-8-2-1-3-9-13/h4-8,11H,1-3,9-10H2;4-7,10H,1-3,8-9H2/b11-8+;. The van der Waals surface area contributed by atoms with Crippen LogP contribution in [-0.2, 0) is 0 Å². The normalized spacial score (nSPS) is 16.5. The van der Waals surface area contributed by atoms with E-state index >= 15 is 0 Å². The summed E-state index contributed by atoms with van der Waals surface area (Å²) < 4.78 is 0. The van der Waals surface area contributed by atoms with Gasteiger partial charge in [0, 0.05) is 49.2 Å². The van der Waals surface area contributed by atoms with Crippen LogP contribution in [0.5, 0.6) is 0 Å². The number of anilines is 2. The third-order valence-electron chi connectivity index (χ3n) is 5.75. The van der Waals surface area contributed by atoms with Crippen molar-refractivity contribution in [3.63, 3.8) is 0 Å². The van der Waals surface area contributed by atoms with Crippen molar-refractivity contribution in [1.82, 2.24) is 0 Å². The summed E-state index contributed by atoms with van der Waals surface area (Å²) in [4.78, 5) is 25.0. The predicted octanol–water partition coefficient (Wildman–Crippen LogP) is 5.41. The number of piperidine rings is 2. The fourth-order valence-corrected chi connectivity index (χ4v) is 4.01.